The second-order valence-corrected chi connectivity index (χ2v) is 7.35. The number of rotatable bonds is 6. The fourth-order valence-electron chi connectivity index (χ4n) is 1.99. The number of hydrogen-bond acceptors (Lipinski definition) is 2. The maximum Gasteiger partial charge on any atom is 0.234 e. The van der Waals surface area contributed by atoms with E-state index in [1.165, 1.54) is 11.1 Å². The minimum absolute atomic E-state index is 0.0411. The minimum Gasteiger partial charge on any atom is -0.325 e. The van der Waals surface area contributed by atoms with E-state index in [9.17, 15) is 4.79 Å². The van der Waals surface area contributed by atoms with Crippen LogP contribution in [-0.2, 0) is 10.5 Å². The fourth-order valence-corrected chi connectivity index (χ4v) is 3.04. The van der Waals surface area contributed by atoms with Crippen molar-refractivity contribution in [3.8, 4) is 0 Å². The molecule has 2 aromatic rings. The van der Waals surface area contributed by atoms with Gasteiger partial charge < -0.3 is 5.32 Å². The highest BCUT2D eigenvalue weighted by Crippen LogP contribution is 2.18. The van der Waals surface area contributed by atoms with Crippen LogP contribution >= 0.6 is 27.7 Å². The largest absolute Gasteiger partial charge is 0.325 e. The third kappa shape index (κ3) is 5.50. The number of thioether (sulfide) groups is 1. The van der Waals surface area contributed by atoms with Crippen LogP contribution < -0.4 is 5.32 Å². The molecule has 1 N–H and O–H groups in total. The van der Waals surface area contributed by atoms with E-state index in [1.54, 1.807) is 11.8 Å². The zero-order valence-corrected chi connectivity index (χ0v) is 15.2. The summed E-state index contributed by atoms with van der Waals surface area (Å²) >= 11 is 5.04. The molecular formula is C18H20BrNOS. The molecule has 0 spiro atoms. The molecule has 116 valence electrons. The zero-order valence-electron chi connectivity index (χ0n) is 12.8. The highest BCUT2D eigenvalue weighted by atomic mass is 79.9. The standard InChI is InChI=1S/C18H20BrNOS/c1-13(2)15-5-9-17(10-6-15)20-18(21)12-22-11-14-3-7-16(19)8-4-14/h3-10,13H,11-12H2,1-2H3,(H,20,21). The first kappa shape index (κ1) is 17.1. The summed E-state index contributed by atoms with van der Waals surface area (Å²) in [5.41, 5.74) is 3.36. The lowest BCUT2D eigenvalue weighted by Gasteiger charge is -2.08. The van der Waals surface area contributed by atoms with Crippen molar-refractivity contribution >= 4 is 39.3 Å². The molecule has 0 fully saturated rings. The van der Waals surface area contributed by atoms with Crippen LogP contribution in [0.25, 0.3) is 0 Å². The first-order valence-electron chi connectivity index (χ1n) is 7.26. The monoisotopic (exact) mass is 377 g/mol. The number of carbonyl (C=O) groups excluding carboxylic acids is 1. The highest BCUT2D eigenvalue weighted by Gasteiger charge is 2.04. The Morgan fingerprint density at radius 2 is 1.73 bits per heavy atom. The van der Waals surface area contributed by atoms with Crippen molar-refractivity contribution in [1.82, 2.24) is 0 Å². The van der Waals surface area contributed by atoms with Crippen LogP contribution in [0.15, 0.2) is 53.0 Å². The van der Waals surface area contributed by atoms with E-state index in [2.05, 4.69) is 59.4 Å². The van der Waals surface area contributed by atoms with Crippen molar-refractivity contribution in [2.45, 2.75) is 25.5 Å². The van der Waals surface area contributed by atoms with Gasteiger partial charge in [0.2, 0.25) is 5.91 Å². The molecule has 0 heterocycles. The van der Waals surface area contributed by atoms with Crippen LogP contribution in [0.2, 0.25) is 0 Å². The number of halogens is 1. The molecule has 4 heteroatoms. The van der Waals surface area contributed by atoms with Gasteiger partial charge in [-0.1, -0.05) is 54.0 Å². The molecule has 0 saturated heterocycles. The van der Waals surface area contributed by atoms with Crippen LogP contribution in [0.5, 0.6) is 0 Å². The Morgan fingerprint density at radius 1 is 1.09 bits per heavy atom. The van der Waals surface area contributed by atoms with Gasteiger partial charge in [0.25, 0.3) is 0 Å². The Labute approximate surface area is 144 Å². The number of hydrogen-bond donors (Lipinski definition) is 1. The lowest BCUT2D eigenvalue weighted by atomic mass is 10.0. The summed E-state index contributed by atoms with van der Waals surface area (Å²) < 4.78 is 1.07. The molecule has 0 aliphatic rings. The van der Waals surface area contributed by atoms with Crippen molar-refractivity contribution in [2.75, 3.05) is 11.1 Å². The summed E-state index contributed by atoms with van der Waals surface area (Å²) in [6, 6.07) is 16.2. The van der Waals surface area contributed by atoms with Gasteiger partial charge in [0.05, 0.1) is 5.75 Å². The Kier molecular flexibility index (Phi) is 6.52. The molecule has 2 rings (SSSR count). The Hall–Kier alpha value is -1.26. The van der Waals surface area contributed by atoms with Gasteiger partial charge in [-0.25, -0.2) is 0 Å². The third-order valence-electron chi connectivity index (χ3n) is 3.28. The summed E-state index contributed by atoms with van der Waals surface area (Å²) in [6.45, 7) is 4.32. The molecule has 22 heavy (non-hydrogen) atoms. The van der Waals surface area contributed by atoms with E-state index >= 15 is 0 Å². The minimum atomic E-state index is 0.0411. The summed E-state index contributed by atoms with van der Waals surface area (Å²) in [5.74, 6) is 1.85. The van der Waals surface area contributed by atoms with Crippen LogP contribution in [0.1, 0.15) is 30.9 Å². The first-order chi connectivity index (χ1) is 10.5. The number of carbonyl (C=O) groups is 1. The van der Waals surface area contributed by atoms with Crippen molar-refractivity contribution in [3.05, 3.63) is 64.1 Å². The second-order valence-electron chi connectivity index (χ2n) is 5.44. The predicted molar refractivity (Wildman–Crippen MR) is 99.5 cm³/mol. The Morgan fingerprint density at radius 3 is 2.32 bits per heavy atom. The van der Waals surface area contributed by atoms with Crippen LogP contribution in [0, 0.1) is 0 Å². The lowest BCUT2D eigenvalue weighted by molar-refractivity contribution is -0.113. The van der Waals surface area contributed by atoms with Crippen LogP contribution in [0.3, 0.4) is 0 Å². The number of benzene rings is 2. The number of nitrogens with one attached hydrogen (secondary N) is 1. The molecule has 0 unspecified atom stereocenters. The van der Waals surface area contributed by atoms with Gasteiger partial charge in [-0.2, -0.15) is 0 Å². The first-order valence-corrected chi connectivity index (χ1v) is 9.21. The molecule has 0 aliphatic carbocycles. The molecule has 2 aromatic carbocycles. The molecule has 0 aliphatic heterocycles. The van der Waals surface area contributed by atoms with Gasteiger partial charge in [0.15, 0.2) is 0 Å². The summed E-state index contributed by atoms with van der Waals surface area (Å²) in [7, 11) is 0. The highest BCUT2D eigenvalue weighted by molar-refractivity contribution is 9.10. The molecule has 0 radical (unpaired) electrons. The molecule has 0 atom stereocenters. The third-order valence-corrected chi connectivity index (χ3v) is 4.81. The van der Waals surface area contributed by atoms with E-state index in [4.69, 9.17) is 0 Å². The van der Waals surface area contributed by atoms with Gasteiger partial charge in [0.1, 0.15) is 0 Å². The van der Waals surface area contributed by atoms with E-state index in [0.717, 1.165) is 15.9 Å². The normalized spacial score (nSPS) is 10.7. The fraction of sp³-hybridized carbons (Fsp3) is 0.278. The lowest BCUT2D eigenvalue weighted by Crippen LogP contribution is -2.14. The van der Waals surface area contributed by atoms with Crippen LogP contribution in [-0.4, -0.2) is 11.7 Å². The van der Waals surface area contributed by atoms with Crippen molar-refractivity contribution in [3.63, 3.8) is 0 Å². The smallest absolute Gasteiger partial charge is 0.234 e. The quantitative estimate of drug-likeness (QED) is 0.725. The Balaban J connectivity index is 1.76. The van der Waals surface area contributed by atoms with Gasteiger partial charge >= 0.3 is 0 Å². The summed E-state index contributed by atoms with van der Waals surface area (Å²) in [6.07, 6.45) is 0. The van der Waals surface area contributed by atoms with Crippen molar-refractivity contribution in [2.24, 2.45) is 0 Å². The number of amides is 1. The van der Waals surface area contributed by atoms with Gasteiger partial charge in [-0.3, -0.25) is 4.79 Å². The average molecular weight is 378 g/mol. The van der Waals surface area contributed by atoms with E-state index in [1.807, 2.05) is 24.3 Å². The molecule has 0 aromatic heterocycles. The summed E-state index contributed by atoms with van der Waals surface area (Å²) in [4.78, 5) is 11.9. The van der Waals surface area contributed by atoms with E-state index < -0.39 is 0 Å². The van der Waals surface area contributed by atoms with Crippen molar-refractivity contribution < 1.29 is 4.79 Å². The predicted octanol–water partition coefficient (Wildman–Crippen LogP) is 5.44. The Bertz CT molecular complexity index is 608. The SMILES string of the molecule is CC(C)c1ccc(NC(=O)CSCc2ccc(Br)cc2)cc1. The number of anilines is 1. The van der Waals surface area contributed by atoms with Crippen molar-refractivity contribution in [1.29, 1.82) is 0 Å². The maximum absolute atomic E-state index is 11.9. The van der Waals surface area contributed by atoms with E-state index in [-0.39, 0.29) is 5.91 Å². The second kappa shape index (κ2) is 8.39. The van der Waals surface area contributed by atoms with Gasteiger partial charge in [-0.15, -0.1) is 11.8 Å². The zero-order chi connectivity index (χ0) is 15.9. The molecule has 1 amide bonds. The van der Waals surface area contributed by atoms with E-state index in [0.29, 0.717) is 11.7 Å². The average Bonchev–Trinajstić information content (AvgIpc) is 2.50. The van der Waals surface area contributed by atoms with Gasteiger partial charge in [-0.05, 0) is 41.3 Å². The molecule has 0 saturated carbocycles. The topological polar surface area (TPSA) is 29.1 Å². The molecule has 0 bridgehead atoms. The maximum atomic E-state index is 11.9. The summed E-state index contributed by atoms with van der Waals surface area (Å²) in [5, 5.41) is 2.94. The molecule has 2 nitrogen and oxygen atoms in total. The van der Waals surface area contributed by atoms with Gasteiger partial charge in [0, 0.05) is 15.9 Å². The van der Waals surface area contributed by atoms with Crippen LogP contribution in [0.4, 0.5) is 5.69 Å². The molecular weight excluding hydrogens is 358 g/mol.